The lowest BCUT2D eigenvalue weighted by Crippen LogP contribution is -2.49. The van der Waals surface area contributed by atoms with Crippen molar-refractivity contribution in [3.8, 4) is 5.75 Å². The third kappa shape index (κ3) is 4.77. The minimum Gasteiger partial charge on any atom is -0.488 e. The smallest absolute Gasteiger partial charge is 0.271 e. The second-order valence-corrected chi connectivity index (χ2v) is 10.3. The number of nitrogens with one attached hydrogen (secondary N) is 2. The van der Waals surface area contributed by atoms with Gasteiger partial charge in [-0.2, -0.15) is 0 Å². The number of carbonyl (C=O) groups excluding carboxylic acids is 1. The fourth-order valence-corrected chi connectivity index (χ4v) is 5.39. The Balaban J connectivity index is 2.00. The highest BCUT2D eigenvalue weighted by molar-refractivity contribution is 7.94. The molecule has 1 amide bonds. The van der Waals surface area contributed by atoms with Gasteiger partial charge in [0.2, 0.25) is 0 Å². The van der Waals surface area contributed by atoms with E-state index in [0.29, 0.717) is 18.8 Å². The summed E-state index contributed by atoms with van der Waals surface area (Å²) in [5, 5.41) is 14.4. The molecular weight excluding hydrogens is 426 g/mol. The molecule has 1 aliphatic rings. The van der Waals surface area contributed by atoms with Gasteiger partial charge in [-0.3, -0.25) is 9.52 Å². The number of nitrogens with zero attached hydrogens (tertiary/aromatic N) is 1. The average Bonchev–Trinajstić information content (AvgIpc) is 3.26. The van der Waals surface area contributed by atoms with Crippen molar-refractivity contribution in [1.29, 1.82) is 0 Å². The summed E-state index contributed by atoms with van der Waals surface area (Å²) in [7, 11) is -1.91. The maximum absolute atomic E-state index is 13.3. The fraction of sp³-hybridized carbons (Fsp3) is 0.450. The zero-order chi connectivity index (χ0) is 21.9. The number of carbonyl (C=O) groups is 1. The van der Waals surface area contributed by atoms with Crippen LogP contribution < -0.4 is 14.8 Å². The minimum atomic E-state index is -3.74. The van der Waals surface area contributed by atoms with Crippen LogP contribution in [-0.2, 0) is 10.0 Å². The van der Waals surface area contributed by atoms with Gasteiger partial charge >= 0.3 is 0 Å². The van der Waals surface area contributed by atoms with Gasteiger partial charge in [0.1, 0.15) is 16.1 Å². The molecule has 8 nitrogen and oxygen atoms in total. The van der Waals surface area contributed by atoms with E-state index in [1.807, 2.05) is 14.0 Å². The molecule has 2 aromatic rings. The monoisotopic (exact) mass is 453 g/mol. The number of hydrogen-bond donors (Lipinski definition) is 3. The van der Waals surface area contributed by atoms with Crippen molar-refractivity contribution in [3.05, 3.63) is 41.3 Å². The lowest BCUT2D eigenvalue weighted by atomic mass is 9.99. The Morgan fingerprint density at radius 2 is 2.13 bits per heavy atom. The molecule has 30 heavy (non-hydrogen) atoms. The van der Waals surface area contributed by atoms with E-state index >= 15 is 0 Å². The molecule has 0 bridgehead atoms. The summed E-state index contributed by atoms with van der Waals surface area (Å²) in [6.45, 7) is 4.61. The zero-order valence-electron chi connectivity index (χ0n) is 17.2. The molecule has 1 aromatic carbocycles. The van der Waals surface area contributed by atoms with Gasteiger partial charge in [0.15, 0.2) is 0 Å². The van der Waals surface area contributed by atoms with Crippen molar-refractivity contribution < 1.29 is 23.1 Å². The normalized spacial score (nSPS) is 20.7. The lowest BCUT2D eigenvalue weighted by Gasteiger charge is -2.37. The number of thiophene rings is 1. The van der Waals surface area contributed by atoms with Crippen molar-refractivity contribution in [1.82, 2.24) is 10.2 Å². The van der Waals surface area contributed by atoms with Crippen LogP contribution in [0, 0.1) is 5.92 Å². The second-order valence-electron chi connectivity index (χ2n) is 7.43. The van der Waals surface area contributed by atoms with E-state index < -0.39 is 10.0 Å². The van der Waals surface area contributed by atoms with Crippen LogP contribution >= 0.6 is 11.3 Å². The molecule has 0 radical (unpaired) electrons. The van der Waals surface area contributed by atoms with Crippen LogP contribution in [-0.4, -0.2) is 63.2 Å². The van der Waals surface area contributed by atoms with Gasteiger partial charge in [-0.25, -0.2) is 8.42 Å². The molecular formula is C20H27N3O5S2. The number of amides is 1. The van der Waals surface area contributed by atoms with Gasteiger partial charge in [-0.15, -0.1) is 11.3 Å². The summed E-state index contributed by atoms with van der Waals surface area (Å²) >= 11 is 1.11. The first-order valence-electron chi connectivity index (χ1n) is 9.70. The highest BCUT2D eigenvalue weighted by Crippen LogP contribution is 2.31. The summed E-state index contributed by atoms with van der Waals surface area (Å²) in [5.41, 5.74) is 0.532. The lowest BCUT2D eigenvalue weighted by molar-refractivity contribution is 0.0416. The van der Waals surface area contributed by atoms with E-state index in [1.54, 1.807) is 35.4 Å². The molecule has 0 aliphatic carbocycles. The van der Waals surface area contributed by atoms with Crippen molar-refractivity contribution in [2.24, 2.45) is 5.92 Å². The first-order chi connectivity index (χ1) is 14.3. The number of fused-ring (bicyclic) bond motifs is 1. The summed E-state index contributed by atoms with van der Waals surface area (Å²) in [4.78, 5) is 14.9. The van der Waals surface area contributed by atoms with Crippen molar-refractivity contribution in [3.63, 3.8) is 0 Å². The Morgan fingerprint density at radius 1 is 1.37 bits per heavy atom. The number of hydrogen-bond acceptors (Lipinski definition) is 7. The van der Waals surface area contributed by atoms with Gasteiger partial charge in [0.25, 0.3) is 15.9 Å². The number of ether oxygens (including phenoxy) is 1. The maximum Gasteiger partial charge on any atom is 0.271 e. The molecule has 0 unspecified atom stereocenters. The van der Waals surface area contributed by atoms with Gasteiger partial charge < -0.3 is 20.1 Å². The number of aliphatic hydroxyl groups excluding tert-OH is 1. The highest BCUT2D eigenvalue weighted by Gasteiger charge is 2.33. The van der Waals surface area contributed by atoms with Crippen LogP contribution in [0.25, 0.3) is 0 Å². The van der Waals surface area contributed by atoms with E-state index in [-0.39, 0.29) is 46.0 Å². The average molecular weight is 454 g/mol. The largest absolute Gasteiger partial charge is 0.488 e. The van der Waals surface area contributed by atoms with Crippen LogP contribution in [0.3, 0.4) is 0 Å². The van der Waals surface area contributed by atoms with E-state index in [1.165, 1.54) is 12.1 Å². The third-order valence-electron chi connectivity index (χ3n) is 5.08. The molecule has 0 fully saturated rings. The van der Waals surface area contributed by atoms with Gasteiger partial charge in [-0.1, -0.05) is 13.0 Å². The first kappa shape index (κ1) is 22.5. The SMILES string of the molecule is CNC[C@@H]1Oc2ccc(NS(=O)(=O)c3cccs3)cc2C(=O)N([C@@H](C)CO)C[C@@H]1C. The van der Waals surface area contributed by atoms with E-state index in [2.05, 4.69) is 10.0 Å². The molecule has 164 valence electrons. The molecule has 1 aromatic heterocycles. The van der Waals surface area contributed by atoms with Crippen molar-refractivity contribution >= 4 is 33.0 Å². The quantitative estimate of drug-likeness (QED) is 0.592. The summed E-state index contributed by atoms with van der Waals surface area (Å²) in [6, 6.07) is 7.48. The van der Waals surface area contributed by atoms with Crippen molar-refractivity contribution in [2.75, 3.05) is 31.5 Å². The van der Waals surface area contributed by atoms with Crippen LogP contribution in [0.15, 0.2) is 39.9 Å². The standard InChI is InChI=1S/C20H27N3O5S2/c1-13-11-23(14(2)12-24)20(25)16-9-15(6-7-17(16)28-18(13)10-21-3)22-30(26,27)19-5-4-8-29-19/h4-9,13-14,18,21-22,24H,10-12H2,1-3H3/t13-,14-,18-/m0/s1. The van der Waals surface area contributed by atoms with Gasteiger partial charge in [0, 0.05) is 24.7 Å². The van der Waals surface area contributed by atoms with Crippen LogP contribution in [0.1, 0.15) is 24.2 Å². The predicted molar refractivity (Wildman–Crippen MR) is 117 cm³/mol. The summed E-state index contributed by atoms with van der Waals surface area (Å²) in [6.07, 6.45) is -0.191. The van der Waals surface area contributed by atoms with Crippen LogP contribution in [0.2, 0.25) is 0 Å². The second kappa shape index (κ2) is 9.34. The topological polar surface area (TPSA) is 108 Å². The van der Waals surface area contributed by atoms with E-state index in [4.69, 9.17) is 4.74 Å². The third-order valence-corrected chi connectivity index (χ3v) is 7.86. The van der Waals surface area contributed by atoms with Gasteiger partial charge in [0.05, 0.1) is 18.2 Å². The first-order valence-corrected chi connectivity index (χ1v) is 12.1. The zero-order valence-corrected chi connectivity index (χ0v) is 18.8. The Hall–Kier alpha value is -2.14. The Kier molecular flexibility index (Phi) is 7.02. The Labute approximate surface area is 180 Å². The Bertz CT molecular complexity index is 978. The van der Waals surface area contributed by atoms with Crippen LogP contribution in [0.4, 0.5) is 5.69 Å². The minimum absolute atomic E-state index is 0.0283. The molecule has 2 heterocycles. The molecule has 0 saturated heterocycles. The van der Waals surface area contributed by atoms with Crippen LogP contribution in [0.5, 0.6) is 5.75 Å². The van der Waals surface area contributed by atoms with Gasteiger partial charge in [-0.05, 0) is 43.6 Å². The molecule has 0 saturated carbocycles. The number of aliphatic hydroxyl groups is 1. The highest BCUT2D eigenvalue weighted by atomic mass is 32.2. The van der Waals surface area contributed by atoms with E-state index in [9.17, 15) is 18.3 Å². The Morgan fingerprint density at radius 3 is 2.77 bits per heavy atom. The summed E-state index contributed by atoms with van der Waals surface area (Å²) in [5.74, 6) is 0.111. The number of benzene rings is 1. The maximum atomic E-state index is 13.3. The number of rotatable bonds is 7. The predicted octanol–water partition coefficient (Wildman–Crippen LogP) is 1.99. The molecule has 3 N–H and O–H groups in total. The molecule has 3 atom stereocenters. The molecule has 10 heteroatoms. The molecule has 1 aliphatic heterocycles. The fourth-order valence-electron chi connectivity index (χ4n) is 3.35. The number of sulfonamides is 1. The van der Waals surface area contributed by atoms with Crippen molar-refractivity contribution in [2.45, 2.75) is 30.2 Å². The molecule has 3 rings (SSSR count). The number of likely N-dealkylation sites (N-methyl/N-ethyl adjacent to an activating group) is 1. The molecule has 0 spiro atoms. The van der Waals surface area contributed by atoms with E-state index in [0.717, 1.165) is 11.3 Å². The number of anilines is 1. The summed E-state index contributed by atoms with van der Waals surface area (Å²) < 4.78 is 34.0.